The number of amides is 2. The third kappa shape index (κ3) is 5.90. The largest absolute Gasteiger partial charge is 0.462 e. The first-order valence-electron chi connectivity index (χ1n) is 10.6. The second kappa shape index (κ2) is 10.8. The van der Waals surface area contributed by atoms with Crippen LogP contribution in [0, 0.1) is 12.3 Å². The number of alkyl halides is 3. The Morgan fingerprint density at radius 3 is 2.47 bits per heavy atom. The summed E-state index contributed by atoms with van der Waals surface area (Å²) >= 11 is 0. The molecule has 1 N–H and O–H groups in total. The highest BCUT2D eigenvalue weighted by molar-refractivity contribution is 5.99. The smallest absolute Gasteiger partial charge is 0.434 e. The number of aromatic nitrogens is 2. The van der Waals surface area contributed by atoms with E-state index < -0.39 is 35.2 Å². The quantitative estimate of drug-likeness (QED) is 0.396. The van der Waals surface area contributed by atoms with Gasteiger partial charge in [0, 0.05) is 23.9 Å². The predicted octanol–water partition coefficient (Wildman–Crippen LogP) is 3.76. The van der Waals surface area contributed by atoms with Gasteiger partial charge in [-0.25, -0.2) is 9.48 Å². The number of carbonyl (C=O) groups excluding carboxylic acids is 3. The standard InChI is InChI=1S/C25H21F3N4O4/c1-4-16-7-6-8-18(13-16)30-21(33)15-31(3)23(34)17-9-11-19(12-10-17)32-22(25(26,27)28)20(14-29-32)24(35)36-5-2/h1,6-14H,5,15H2,2-3H3,(H,30,33). The Morgan fingerprint density at radius 2 is 1.86 bits per heavy atom. The van der Waals surface area contributed by atoms with E-state index in [0.29, 0.717) is 15.9 Å². The van der Waals surface area contributed by atoms with Gasteiger partial charge >= 0.3 is 12.1 Å². The highest BCUT2D eigenvalue weighted by Gasteiger charge is 2.41. The molecule has 186 valence electrons. The van der Waals surface area contributed by atoms with Gasteiger partial charge in [-0.05, 0) is 49.4 Å². The number of nitrogens with one attached hydrogen (secondary N) is 1. The minimum absolute atomic E-state index is 0.0248. The van der Waals surface area contributed by atoms with Crippen molar-refractivity contribution in [2.24, 2.45) is 0 Å². The fraction of sp³-hybridized carbons (Fsp3) is 0.200. The lowest BCUT2D eigenvalue weighted by atomic mass is 10.1. The summed E-state index contributed by atoms with van der Waals surface area (Å²) < 4.78 is 46.3. The van der Waals surface area contributed by atoms with Crippen molar-refractivity contribution < 1.29 is 32.3 Å². The topological polar surface area (TPSA) is 93.5 Å². The van der Waals surface area contributed by atoms with Crippen LogP contribution < -0.4 is 5.32 Å². The number of halogens is 3. The first-order chi connectivity index (χ1) is 17.0. The highest BCUT2D eigenvalue weighted by Crippen LogP contribution is 2.34. The van der Waals surface area contributed by atoms with Crippen molar-refractivity contribution in [2.75, 3.05) is 25.5 Å². The van der Waals surface area contributed by atoms with Gasteiger partial charge in [-0.3, -0.25) is 9.59 Å². The van der Waals surface area contributed by atoms with Gasteiger partial charge in [0.25, 0.3) is 5.91 Å². The number of hydrogen-bond donors (Lipinski definition) is 1. The molecule has 1 aromatic heterocycles. The Balaban J connectivity index is 1.75. The molecule has 0 radical (unpaired) electrons. The lowest BCUT2D eigenvalue weighted by molar-refractivity contribution is -0.143. The molecule has 0 saturated heterocycles. The Labute approximate surface area is 204 Å². The van der Waals surface area contributed by atoms with E-state index in [2.05, 4.69) is 21.1 Å². The van der Waals surface area contributed by atoms with E-state index in [4.69, 9.17) is 6.42 Å². The highest BCUT2D eigenvalue weighted by atomic mass is 19.4. The Kier molecular flexibility index (Phi) is 7.79. The Bertz CT molecular complexity index is 1320. The van der Waals surface area contributed by atoms with Crippen molar-refractivity contribution in [1.82, 2.24) is 14.7 Å². The molecule has 1 heterocycles. The molecule has 3 aromatic rings. The van der Waals surface area contributed by atoms with Gasteiger partial charge in [0.15, 0.2) is 5.69 Å². The van der Waals surface area contributed by atoms with Gasteiger partial charge in [0.1, 0.15) is 5.56 Å². The molecule has 2 aromatic carbocycles. The Morgan fingerprint density at radius 1 is 1.17 bits per heavy atom. The summed E-state index contributed by atoms with van der Waals surface area (Å²) in [5, 5.41) is 6.33. The van der Waals surface area contributed by atoms with Crippen LogP contribution in [0.25, 0.3) is 5.69 Å². The fourth-order valence-electron chi connectivity index (χ4n) is 3.32. The minimum atomic E-state index is -4.89. The average molecular weight is 498 g/mol. The first-order valence-corrected chi connectivity index (χ1v) is 10.6. The van der Waals surface area contributed by atoms with Crippen LogP contribution in [0.15, 0.2) is 54.7 Å². The summed E-state index contributed by atoms with van der Waals surface area (Å²) in [7, 11) is 1.41. The number of ether oxygens (including phenoxy) is 1. The van der Waals surface area contributed by atoms with E-state index in [1.54, 1.807) is 24.3 Å². The number of anilines is 1. The molecule has 3 rings (SSSR count). The number of hydrogen-bond acceptors (Lipinski definition) is 5. The first kappa shape index (κ1) is 26.0. The number of likely N-dealkylation sites (N-methyl/N-ethyl adjacent to an activating group) is 1. The van der Waals surface area contributed by atoms with E-state index in [0.717, 1.165) is 11.1 Å². The summed E-state index contributed by atoms with van der Waals surface area (Å²) in [5.41, 5.74) is -0.844. The predicted molar refractivity (Wildman–Crippen MR) is 124 cm³/mol. The van der Waals surface area contributed by atoms with Crippen molar-refractivity contribution in [1.29, 1.82) is 0 Å². The molecule has 0 saturated carbocycles. The van der Waals surface area contributed by atoms with Crippen LogP contribution in [0.1, 0.15) is 38.9 Å². The van der Waals surface area contributed by atoms with Crippen LogP contribution in [0.4, 0.5) is 18.9 Å². The molecule has 0 bridgehead atoms. The molecule has 36 heavy (non-hydrogen) atoms. The third-order valence-corrected chi connectivity index (χ3v) is 4.93. The molecule has 0 spiro atoms. The maximum atomic E-state index is 13.7. The third-order valence-electron chi connectivity index (χ3n) is 4.93. The summed E-state index contributed by atoms with van der Waals surface area (Å²) in [5.74, 6) is 0.316. The summed E-state index contributed by atoms with van der Waals surface area (Å²) in [6.07, 6.45) is 1.24. The zero-order chi connectivity index (χ0) is 26.5. The van der Waals surface area contributed by atoms with Crippen LogP contribution >= 0.6 is 0 Å². The number of rotatable bonds is 7. The maximum absolute atomic E-state index is 13.7. The lowest BCUT2D eigenvalue weighted by Gasteiger charge is -2.17. The van der Waals surface area contributed by atoms with Crippen LogP contribution in [-0.2, 0) is 15.7 Å². The maximum Gasteiger partial charge on any atom is 0.434 e. The van der Waals surface area contributed by atoms with Crippen molar-refractivity contribution in [3.8, 4) is 18.0 Å². The fourth-order valence-corrected chi connectivity index (χ4v) is 3.32. The summed E-state index contributed by atoms with van der Waals surface area (Å²) in [6, 6.07) is 11.7. The van der Waals surface area contributed by atoms with E-state index in [1.807, 2.05) is 0 Å². The average Bonchev–Trinajstić information content (AvgIpc) is 3.30. The lowest BCUT2D eigenvalue weighted by Crippen LogP contribution is -2.34. The normalized spacial score (nSPS) is 10.9. The van der Waals surface area contributed by atoms with Crippen LogP contribution in [0.5, 0.6) is 0 Å². The van der Waals surface area contributed by atoms with E-state index in [1.165, 1.54) is 38.2 Å². The van der Waals surface area contributed by atoms with Crippen molar-refractivity contribution >= 4 is 23.5 Å². The molecule has 0 unspecified atom stereocenters. The van der Waals surface area contributed by atoms with Crippen LogP contribution in [0.2, 0.25) is 0 Å². The minimum Gasteiger partial charge on any atom is -0.462 e. The number of esters is 1. The number of nitrogens with zero attached hydrogens (tertiary/aromatic N) is 3. The molecule has 0 aliphatic heterocycles. The monoisotopic (exact) mass is 498 g/mol. The number of terminal acetylenes is 1. The van der Waals surface area contributed by atoms with E-state index >= 15 is 0 Å². The van der Waals surface area contributed by atoms with Gasteiger partial charge in [0.2, 0.25) is 5.91 Å². The van der Waals surface area contributed by atoms with E-state index in [9.17, 15) is 27.6 Å². The van der Waals surface area contributed by atoms with Crippen LogP contribution in [0.3, 0.4) is 0 Å². The molecular formula is C25H21F3N4O4. The van der Waals surface area contributed by atoms with Crippen molar-refractivity contribution in [3.05, 3.63) is 77.1 Å². The van der Waals surface area contributed by atoms with Crippen molar-refractivity contribution in [3.63, 3.8) is 0 Å². The second-order valence-corrected chi connectivity index (χ2v) is 7.52. The van der Waals surface area contributed by atoms with Crippen LogP contribution in [-0.4, -0.2) is 52.7 Å². The second-order valence-electron chi connectivity index (χ2n) is 7.52. The molecule has 0 atom stereocenters. The summed E-state index contributed by atoms with van der Waals surface area (Å²) in [4.78, 5) is 38.1. The molecule has 0 aliphatic carbocycles. The number of carbonyl (C=O) groups is 3. The van der Waals surface area contributed by atoms with Gasteiger partial charge in [-0.1, -0.05) is 12.0 Å². The van der Waals surface area contributed by atoms with Gasteiger partial charge in [-0.2, -0.15) is 18.3 Å². The molecule has 0 fully saturated rings. The molecule has 0 aliphatic rings. The van der Waals surface area contributed by atoms with Gasteiger partial charge in [-0.15, -0.1) is 6.42 Å². The molecule has 11 heteroatoms. The SMILES string of the molecule is C#Cc1cccc(NC(=O)CN(C)C(=O)c2ccc(-n3ncc(C(=O)OCC)c3C(F)(F)F)cc2)c1. The Hall–Kier alpha value is -4.59. The molecular weight excluding hydrogens is 477 g/mol. The summed E-state index contributed by atoms with van der Waals surface area (Å²) in [6.45, 7) is 1.10. The van der Waals surface area contributed by atoms with E-state index in [-0.39, 0.29) is 24.4 Å². The van der Waals surface area contributed by atoms with Gasteiger partial charge < -0.3 is 15.0 Å². The molecule has 2 amide bonds. The van der Waals surface area contributed by atoms with Gasteiger partial charge in [0.05, 0.1) is 25.0 Å². The van der Waals surface area contributed by atoms with Crippen molar-refractivity contribution in [2.45, 2.75) is 13.1 Å². The number of benzene rings is 2. The zero-order valence-electron chi connectivity index (χ0n) is 19.3. The molecule has 8 nitrogen and oxygen atoms in total. The zero-order valence-corrected chi connectivity index (χ0v) is 19.3.